The van der Waals surface area contributed by atoms with Gasteiger partial charge in [-0.25, -0.2) is 0 Å². The Morgan fingerprint density at radius 1 is 1.10 bits per heavy atom. The largest absolute Gasteiger partial charge is 0.371 e. The first-order valence-corrected chi connectivity index (χ1v) is 7.24. The van der Waals surface area contributed by atoms with Crippen molar-refractivity contribution in [2.45, 2.75) is 20.0 Å². The van der Waals surface area contributed by atoms with E-state index in [-0.39, 0.29) is 6.10 Å². The van der Waals surface area contributed by atoms with Crippen molar-refractivity contribution in [2.75, 3.05) is 19.7 Å². The molecule has 1 N–H and O–H groups in total. The van der Waals surface area contributed by atoms with E-state index in [1.165, 1.54) is 27.8 Å². The summed E-state index contributed by atoms with van der Waals surface area (Å²) in [6.45, 7) is 6.95. The third-order valence-electron chi connectivity index (χ3n) is 3.89. The maximum Gasteiger partial charge on any atom is 0.0950 e. The summed E-state index contributed by atoms with van der Waals surface area (Å²) >= 11 is 0. The van der Waals surface area contributed by atoms with E-state index in [1.807, 2.05) is 0 Å². The standard InChI is InChI=1S/C18H21NO/c1-13-6-7-14(2)17(10-13)15-4-3-5-16(11-15)18-12-19-8-9-20-18/h3-7,10-11,18-19H,8-9,12H2,1-2H3. The summed E-state index contributed by atoms with van der Waals surface area (Å²) in [6.07, 6.45) is 0.175. The van der Waals surface area contributed by atoms with E-state index >= 15 is 0 Å². The molecule has 0 spiro atoms. The van der Waals surface area contributed by atoms with Crippen LogP contribution >= 0.6 is 0 Å². The Morgan fingerprint density at radius 3 is 2.80 bits per heavy atom. The van der Waals surface area contributed by atoms with Crippen LogP contribution < -0.4 is 5.32 Å². The molecular weight excluding hydrogens is 246 g/mol. The van der Waals surface area contributed by atoms with E-state index in [1.54, 1.807) is 0 Å². The molecule has 1 atom stereocenters. The molecular formula is C18H21NO. The molecule has 1 aliphatic rings. The Bertz CT molecular complexity index is 600. The molecule has 2 nitrogen and oxygen atoms in total. The predicted octanol–water partition coefficient (Wildman–Crippen LogP) is 3.63. The van der Waals surface area contributed by atoms with Gasteiger partial charge in [0.2, 0.25) is 0 Å². The van der Waals surface area contributed by atoms with Crippen LogP contribution in [0.4, 0.5) is 0 Å². The summed E-state index contributed by atoms with van der Waals surface area (Å²) in [5.41, 5.74) is 6.46. The lowest BCUT2D eigenvalue weighted by atomic mass is 9.96. The van der Waals surface area contributed by atoms with Crippen LogP contribution in [0.2, 0.25) is 0 Å². The Kier molecular flexibility index (Phi) is 3.86. The number of benzene rings is 2. The Balaban J connectivity index is 1.96. The summed E-state index contributed by atoms with van der Waals surface area (Å²) in [7, 11) is 0. The summed E-state index contributed by atoms with van der Waals surface area (Å²) in [5, 5.41) is 3.39. The first-order chi connectivity index (χ1) is 9.74. The topological polar surface area (TPSA) is 21.3 Å². The van der Waals surface area contributed by atoms with E-state index < -0.39 is 0 Å². The van der Waals surface area contributed by atoms with Gasteiger partial charge < -0.3 is 10.1 Å². The molecule has 1 unspecified atom stereocenters. The van der Waals surface area contributed by atoms with Crippen LogP contribution in [0.25, 0.3) is 11.1 Å². The molecule has 3 rings (SSSR count). The molecule has 2 aromatic carbocycles. The van der Waals surface area contributed by atoms with Crippen LogP contribution in [0, 0.1) is 13.8 Å². The quantitative estimate of drug-likeness (QED) is 0.897. The predicted molar refractivity (Wildman–Crippen MR) is 82.9 cm³/mol. The second kappa shape index (κ2) is 5.78. The van der Waals surface area contributed by atoms with E-state index in [4.69, 9.17) is 4.74 Å². The van der Waals surface area contributed by atoms with Crippen molar-refractivity contribution in [3.63, 3.8) is 0 Å². The zero-order valence-corrected chi connectivity index (χ0v) is 12.1. The van der Waals surface area contributed by atoms with Gasteiger partial charge in [0.15, 0.2) is 0 Å². The maximum atomic E-state index is 5.85. The Hall–Kier alpha value is -1.64. The monoisotopic (exact) mass is 267 g/mol. The van der Waals surface area contributed by atoms with Crippen LogP contribution in [0.1, 0.15) is 22.8 Å². The SMILES string of the molecule is Cc1ccc(C)c(-c2cccc(C3CNCCO3)c2)c1. The van der Waals surface area contributed by atoms with Crippen LogP contribution in [-0.4, -0.2) is 19.7 Å². The number of morpholine rings is 1. The summed E-state index contributed by atoms with van der Waals surface area (Å²) in [4.78, 5) is 0. The molecule has 1 fully saturated rings. The molecule has 0 aromatic heterocycles. The smallest absolute Gasteiger partial charge is 0.0950 e. The van der Waals surface area contributed by atoms with E-state index in [9.17, 15) is 0 Å². The fourth-order valence-corrected chi connectivity index (χ4v) is 2.73. The van der Waals surface area contributed by atoms with Crippen molar-refractivity contribution in [1.82, 2.24) is 5.32 Å². The lowest BCUT2D eigenvalue weighted by Crippen LogP contribution is -2.33. The van der Waals surface area contributed by atoms with Gasteiger partial charge in [-0.15, -0.1) is 0 Å². The van der Waals surface area contributed by atoms with Gasteiger partial charge in [-0.05, 0) is 42.2 Å². The lowest BCUT2D eigenvalue weighted by Gasteiger charge is -2.24. The first kappa shape index (κ1) is 13.3. The van der Waals surface area contributed by atoms with Gasteiger partial charge in [0.05, 0.1) is 12.7 Å². The van der Waals surface area contributed by atoms with Gasteiger partial charge in [0, 0.05) is 13.1 Å². The van der Waals surface area contributed by atoms with Gasteiger partial charge in [-0.2, -0.15) is 0 Å². The Morgan fingerprint density at radius 2 is 2.00 bits per heavy atom. The third kappa shape index (κ3) is 2.77. The van der Waals surface area contributed by atoms with E-state index in [0.29, 0.717) is 0 Å². The molecule has 2 heteroatoms. The van der Waals surface area contributed by atoms with Crippen LogP contribution in [0.15, 0.2) is 42.5 Å². The molecule has 1 saturated heterocycles. The molecule has 0 saturated carbocycles. The second-order valence-corrected chi connectivity index (χ2v) is 5.51. The first-order valence-electron chi connectivity index (χ1n) is 7.24. The number of aryl methyl sites for hydroxylation is 2. The Labute approximate surface area is 120 Å². The van der Waals surface area contributed by atoms with Gasteiger partial charge in [0.1, 0.15) is 0 Å². The van der Waals surface area contributed by atoms with Crippen LogP contribution in [0.3, 0.4) is 0 Å². The normalized spacial score (nSPS) is 19.0. The van der Waals surface area contributed by atoms with Crippen molar-refractivity contribution in [3.8, 4) is 11.1 Å². The van der Waals surface area contributed by atoms with Crippen molar-refractivity contribution < 1.29 is 4.74 Å². The molecule has 0 aliphatic carbocycles. The van der Waals surface area contributed by atoms with Gasteiger partial charge in [0.25, 0.3) is 0 Å². The highest BCUT2D eigenvalue weighted by Gasteiger charge is 2.16. The lowest BCUT2D eigenvalue weighted by molar-refractivity contribution is 0.0277. The molecule has 2 aromatic rings. The fourth-order valence-electron chi connectivity index (χ4n) is 2.73. The number of ether oxygens (including phenoxy) is 1. The fraction of sp³-hybridized carbons (Fsp3) is 0.333. The summed E-state index contributed by atoms with van der Waals surface area (Å²) < 4.78 is 5.85. The van der Waals surface area contributed by atoms with Crippen molar-refractivity contribution >= 4 is 0 Å². The number of hydrogen-bond acceptors (Lipinski definition) is 2. The number of nitrogens with one attached hydrogen (secondary N) is 1. The van der Waals surface area contributed by atoms with E-state index in [0.717, 1.165) is 19.7 Å². The molecule has 20 heavy (non-hydrogen) atoms. The minimum absolute atomic E-state index is 0.175. The van der Waals surface area contributed by atoms with Gasteiger partial charge >= 0.3 is 0 Å². The van der Waals surface area contributed by atoms with Crippen molar-refractivity contribution in [2.24, 2.45) is 0 Å². The average Bonchev–Trinajstić information content (AvgIpc) is 2.51. The molecule has 1 aliphatic heterocycles. The maximum absolute atomic E-state index is 5.85. The molecule has 0 bridgehead atoms. The zero-order chi connectivity index (χ0) is 13.9. The molecule has 0 radical (unpaired) electrons. The van der Waals surface area contributed by atoms with Crippen molar-refractivity contribution in [3.05, 3.63) is 59.2 Å². The highest BCUT2D eigenvalue weighted by Crippen LogP contribution is 2.28. The van der Waals surface area contributed by atoms with Crippen molar-refractivity contribution in [1.29, 1.82) is 0 Å². The third-order valence-corrected chi connectivity index (χ3v) is 3.89. The zero-order valence-electron chi connectivity index (χ0n) is 12.1. The van der Waals surface area contributed by atoms with Crippen LogP contribution in [0.5, 0.6) is 0 Å². The van der Waals surface area contributed by atoms with Gasteiger partial charge in [-0.3, -0.25) is 0 Å². The van der Waals surface area contributed by atoms with Gasteiger partial charge in [-0.1, -0.05) is 42.0 Å². The highest BCUT2D eigenvalue weighted by molar-refractivity contribution is 5.68. The second-order valence-electron chi connectivity index (χ2n) is 5.51. The molecule has 104 valence electrons. The molecule has 1 heterocycles. The number of rotatable bonds is 2. The minimum atomic E-state index is 0.175. The summed E-state index contributed by atoms with van der Waals surface area (Å²) in [6, 6.07) is 15.3. The highest BCUT2D eigenvalue weighted by atomic mass is 16.5. The minimum Gasteiger partial charge on any atom is -0.371 e. The average molecular weight is 267 g/mol. The molecule has 0 amide bonds. The van der Waals surface area contributed by atoms with E-state index in [2.05, 4.69) is 61.6 Å². The van der Waals surface area contributed by atoms with Crippen LogP contribution in [-0.2, 0) is 4.74 Å². The number of hydrogen-bond donors (Lipinski definition) is 1. The summed E-state index contributed by atoms with van der Waals surface area (Å²) in [5.74, 6) is 0.